The van der Waals surface area contributed by atoms with E-state index >= 15 is 0 Å². The van der Waals surface area contributed by atoms with Gasteiger partial charge in [-0.2, -0.15) is 0 Å². The van der Waals surface area contributed by atoms with Crippen molar-refractivity contribution in [1.29, 1.82) is 0 Å². The van der Waals surface area contributed by atoms with Gasteiger partial charge in [-0.05, 0) is 31.0 Å². The van der Waals surface area contributed by atoms with Crippen molar-refractivity contribution in [3.63, 3.8) is 0 Å². The van der Waals surface area contributed by atoms with Crippen molar-refractivity contribution in [3.05, 3.63) is 23.8 Å². The minimum atomic E-state index is 0.114. The number of carbonyl (C=O) groups excluding carboxylic acids is 1. The van der Waals surface area contributed by atoms with Gasteiger partial charge >= 0.3 is 0 Å². The van der Waals surface area contributed by atoms with Gasteiger partial charge < -0.3 is 15.4 Å². The first-order valence-electron chi connectivity index (χ1n) is 6.43. The molecular weight excluding hydrogens is 228 g/mol. The molecule has 1 unspecified atom stereocenters. The molecule has 1 aliphatic heterocycles. The van der Waals surface area contributed by atoms with E-state index in [2.05, 4.69) is 0 Å². The van der Waals surface area contributed by atoms with Crippen molar-refractivity contribution in [2.24, 2.45) is 5.73 Å². The second-order valence-corrected chi connectivity index (χ2v) is 4.73. The zero-order valence-electron chi connectivity index (χ0n) is 11.0. The fourth-order valence-corrected chi connectivity index (χ4v) is 2.21. The molecule has 0 aliphatic carbocycles. The number of benzene rings is 1. The summed E-state index contributed by atoms with van der Waals surface area (Å²) in [5.41, 5.74) is 7.83. The molecule has 0 saturated heterocycles. The molecular formula is C14H20N2O2. The Bertz CT molecular complexity index is 443. The van der Waals surface area contributed by atoms with Gasteiger partial charge in [-0.15, -0.1) is 0 Å². The molecule has 1 amide bonds. The minimum absolute atomic E-state index is 0.114. The molecule has 0 saturated carbocycles. The van der Waals surface area contributed by atoms with Gasteiger partial charge in [0, 0.05) is 12.5 Å². The van der Waals surface area contributed by atoms with E-state index < -0.39 is 0 Å². The zero-order valence-corrected chi connectivity index (χ0v) is 11.0. The number of nitrogens with two attached hydrogens (primary N) is 1. The van der Waals surface area contributed by atoms with Crippen molar-refractivity contribution < 1.29 is 9.53 Å². The van der Waals surface area contributed by atoms with Gasteiger partial charge in [0.15, 0.2) is 0 Å². The van der Waals surface area contributed by atoms with Crippen LogP contribution in [0.4, 0.5) is 5.69 Å². The van der Waals surface area contributed by atoms with E-state index in [1.807, 2.05) is 36.9 Å². The van der Waals surface area contributed by atoms with Crippen molar-refractivity contribution >= 4 is 11.6 Å². The summed E-state index contributed by atoms with van der Waals surface area (Å²) in [5, 5.41) is 0. The third-order valence-corrected chi connectivity index (χ3v) is 3.05. The SMILES string of the molecule is CCC(=O)N1CCOc2ccc(CC(C)N)cc21. The largest absolute Gasteiger partial charge is 0.490 e. The molecule has 1 aromatic carbocycles. The lowest BCUT2D eigenvalue weighted by Gasteiger charge is -2.30. The molecule has 0 spiro atoms. The van der Waals surface area contributed by atoms with E-state index in [0.717, 1.165) is 23.4 Å². The van der Waals surface area contributed by atoms with E-state index in [0.29, 0.717) is 19.6 Å². The number of hydrogen-bond donors (Lipinski definition) is 1. The fourth-order valence-electron chi connectivity index (χ4n) is 2.21. The first-order valence-corrected chi connectivity index (χ1v) is 6.43. The summed E-state index contributed by atoms with van der Waals surface area (Å²) in [6.07, 6.45) is 1.32. The molecule has 1 aliphatic rings. The van der Waals surface area contributed by atoms with Gasteiger partial charge in [0.1, 0.15) is 12.4 Å². The van der Waals surface area contributed by atoms with E-state index in [1.54, 1.807) is 0 Å². The molecule has 18 heavy (non-hydrogen) atoms. The number of carbonyl (C=O) groups is 1. The number of ether oxygens (including phenoxy) is 1. The van der Waals surface area contributed by atoms with Gasteiger partial charge in [0.25, 0.3) is 0 Å². The summed E-state index contributed by atoms with van der Waals surface area (Å²) in [5.74, 6) is 0.925. The van der Waals surface area contributed by atoms with Crippen molar-refractivity contribution in [2.45, 2.75) is 32.7 Å². The van der Waals surface area contributed by atoms with Crippen molar-refractivity contribution in [3.8, 4) is 5.75 Å². The number of rotatable bonds is 3. The Morgan fingerprint density at radius 2 is 2.33 bits per heavy atom. The van der Waals surface area contributed by atoms with Crippen molar-refractivity contribution in [1.82, 2.24) is 0 Å². The summed E-state index contributed by atoms with van der Waals surface area (Å²) in [6, 6.07) is 6.08. The van der Waals surface area contributed by atoms with Gasteiger partial charge in [-0.25, -0.2) is 0 Å². The van der Waals surface area contributed by atoms with Crippen molar-refractivity contribution in [2.75, 3.05) is 18.1 Å². The predicted molar refractivity (Wildman–Crippen MR) is 71.9 cm³/mol. The molecule has 0 fully saturated rings. The highest BCUT2D eigenvalue weighted by Gasteiger charge is 2.22. The molecule has 1 heterocycles. The van der Waals surface area contributed by atoms with Crippen LogP contribution >= 0.6 is 0 Å². The molecule has 0 bridgehead atoms. The number of nitrogens with zero attached hydrogens (tertiary/aromatic N) is 1. The molecule has 2 rings (SSSR count). The summed E-state index contributed by atoms with van der Waals surface area (Å²) in [6.45, 7) is 5.04. The Labute approximate surface area is 108 Å². The third kappa shape index (κ3) is 2.64. The third-order valence-electron chi connectivity index (χ3n) is 3.05. The molecule has 4 heteroatoms. The number of anilines is 1. The molecule has 4 nitrogen and oxygen atoms in total. The van der Waals surface area contributed by atoms with E-state index in [4.69, 9.17) is 10.5 Å². The van der Waals surface area contributed by atoms with E-state index in [9.17, 15) is 4.79 Å². The highest BCUT2D eigenvalue weighted by Crippen LogP contribution is 2.33. The van der Waals surface area contributed by atoms with Crippen LogP contribution in [-0.4, -0.2) is 25.1 Å². The Balaban J connectivity index is 2.32. The standard InChI is InChI=1S/C14H20N2O2/c1-3-14(17)16-6-7-18-13-5-4-11(8-10(2)15)9-12(13)16/h4-5,9-10H,3,6-8,15H2,1-2H3. The van der Waals surface area contributed by atoms with Crippen LogP contribution in [0.3, 0.4) is 0 Å². The molecule has 0 radical (unpaired) electrons. The minimum Gasteiger partial charge on any atom is -0.490 e. The maximum atomic E-state index is 11.9. The van der Waals surface area contributed by atoms with Gasteiger partial charge in [0.2, 0.25) is 5.91 Å². The number of hydrogen-bond acceptors (Lipinski definition) is 3. The van der Waals surface area contributed by atoms with Crippen LogP contribution in [0.2, 0.25) is 0 Å². The van der Waals surface area contributed by atoms with Gasteiger partial charge in [0.05, 0.1) is 12.2 Å². The van der Waals surface area contributed by atoms with Gasteiger partial charge in [-0.1, -0.05) is 13.0 Å². The smallest absolute Gasteiger partial charge is 0.226 e. The average molecular weight is 248 g/mol. The van der Waals surface area contributed by atoms with Crippen LogP contribution in [-0.2, 0) is 11.2 Å². The fraction of sp³-hybridized carbons (Fsp3) is 0.500. The zero-order chi connectivity index (χ0) is 13.1. The monoisotopic (exact) mass is 248 g/mol. The molecule has 1 atom stereocenters. The number of amides is 1. The van der Waals surface area contributed by atoms with Crippen LogP contribution in [0.1, 0.15) is 25.8 Å². The second kappa shape index (κ2) is 5.40. The summed E-state index contributed by atoms with van der Waals surface area (Å²) >= 11 is 0. The molecule has 98 valence electrons. The Kier molecular flexibility index (Phi) is 3.87. The first-order chi connectivity index (χ1) is 8.61. The first kappa shape index (κ1) is 12.9. The normalized spacial score (nSPS) is 15.8. The topological polar surface area (TPSA) is 55.6 Å². The van der Waals surface area contributed by atoms with Crippen LogP contribution in [0.15, 0.2) is 18.2 Å². The summed E-state index contributed by atoms with van der Waals surface area (Å²) in [7, 11) is 0. The summed E-state index contributed by atoms with van der Waals surface area (Å²) in [4.78, 5) is 13.7. The Morgan fingerprint density at radius 3 is 3.00 bits per heavy atom. The highest BCUT2D eigenvalue weighted by atomic mass is 16.5. The lowest BCUT2D eigenvalue weighted by Crippen LogP contribution is -2.37. The van der Waals surface area contributed by atoms with Crippen LogP contribution in [0.5, 0.6) is 5.75 Å². The Morgan fingerprint density at radius 1 is 1.56 bits per heavy atom. The Hall–Kier alpha value is -1.55. The van der Waals surface area contributed by atoms with Crippen LogP contribution in [0, 0.1) is 0 Å². The van der Waals surface area contributed by atoms with Gasteiger partial charge in [-0.3, -0.25) is 4.79 Å². The predicted octanol–water partition coefficient (Wildman–Crippen LogP) is 1.71. The molecule has 0 aromatic heterocycles. The van der Waals surface area contributed by atoms with E-state index in [1.165, 1.54) is 0 Å². The molecule has 1 aromatic rings. The van der Waals surface area contributed by atoms with Crippen LogP contribution in [0.25, 0.3) is 0 Å². The number of fused-ring (bicyclic) bond motifs is 1. The second-order valence-electron chi connectivity index (χ2n) is 4.73. The van der Waals surface area contributed by atoms with Crippen LogP contribution < -0.4 is 15.4 Å². The van der Waals surface area contributed by atoms with E-state index in [-0.39, 0.29) is 11.9 Å². The lowest BCUT2D eigenvalue weighted by atomic mass is 10.1. The lowest BCUT2D eigenvalue weighted by molar-refractivity contribution is -0.118. The maximum Gasteiger partial charge on any atom is 0.226 e. The quantitative estimate of drug-likeness (QED) is 0.886. The molecule has 2 N–H and O–H groups in total. The highest BCUT2D eigenvalue weighted by molar-refractivity contribution is 5.95. The maximum absolute atomic E-state index is 11.9. The average Bonchev–Trinajstić information content (AvgIpc) is 2.36. The summed E-state index contributed by atoms with van der Waals surface area (Å²) < 4.78 is 5.58.